The van der Waals surface area contributed by atoms with Crippen LogP contribution in [0.25, 0.3) is 0 Å². The predicted octanol–water partition coefficient (Wildman–Crippen LogP) is 0.445. The number of carboxylic acid groups (broad SMARTS) is 1. The van der Waals surface area contributed by atoms with Crippen molar-refractivity contribution >= 4 is 33.5 Å². The van der Waals surface area contributed by atoms with Crippen LogP contribution < -0.4 is 15.1 Å². The van der Waals surface area contributed by atoms with E-state index in [1.54, 1.807) is 13.0 Å². The molecule has 0 atom stereocenters. The van der Waals surface area contributed by atoms with E-state index < -0.39 is 16.0 Å². The van der Waals surface area contributed by atoms with Gasteiger partial charge in [0.2, 0.25) is 11.9 Å². The monoisotopic (exact) mass is 377 g/mol. The predicted molar refractivity (Wildman–Crippen MR) is 91.5 cm³/mol. The first-order valence-corrected chi connectivity index (χ1v) is 9.17. The van der Waals surface area contributed by atoms with Crippen LogP contribution in [0.1, 0.15) is 25.0 Å². The maximum Gasteiger partial charge on any atom is 0.264 e. The van der Waals surface area contributed by atoms with E-state index in [0.717, 1.165) is 0 Å². The Morgan fingerprint density at radius 2 is 1.81 bits per heavy atom. The van der Waals surface area contributed by atoms with Crippen LogP contribution in [-0.4, -0.2) is 30.3 Å². The number of benzene rings is 1. The number of anilines is 2. The number of hydrogen-bond acceptors (Lipinski definition) is 7. The topological polar surface area (TPSA) is 141 Å². The number of aryl methyl sites for hydroxylation is 1. The summed E-state index contributed by atoms with van der Waals surface area (Å²) in [6.45, 7) is 1.71. The van der Waals surface area contributed by atoms with Gasteiger partial charge in [0.05, 0.1) is 4.90 Å². The number of nitrogens with one attached hydrogen (secondary N) is 2. The zero-order chi connectivity index (χ0) is 19.2. The molecule has 2 aromatic rings. The summed E-state index contributed by atoms with van der Waals surface area (Å²) in [5, 5.41) is 12.9. The van der Waals surface area contributed by atoms with Crippen LogP contribution >= 0.6 is 0 Å². The minimum absolute atomic E-state index is 0.0162. The average molecular weight is 377 g/mol. The van der Waals surface area contributed by atoms with Crippen molar-refractivity contribution in [3.05, 3.63) is 42.2 Å². The van der Waals surface area contributed by atoms with Gasteiger partial charge in [0, 0.05) is 30.0 Å². The van der Waals surface area contributed by atoms with Crippen LogP contribution in [0.4, 0.5) is 11.6 Å². The number of hydrogen-bond donors (Lipinski definition) is 2. The molecule has 0 saturated carbocycles. The Morgan fingerprint density at radius 3 is 2.42 bits per heavy atom. The molecule has 0 aliphatic carbocycles. The van der Waals surface area contributed by atoms with Crippen molar-refractivity contribution in [3.63, 3.8) is 0 Å². The lowest BCUT2D eigenvalue weighted by molar-refractivity contribution is -0.305. The fourth-order valence-corrected chi connectivity index (χ4v) is 2.96. The molecular formula is C16H17N4O5S-. The fourth-order valence-electron chi connectivity index (χ4n) is 2.01. The lowest BCUT2D eigenvalue weighted by Gasteiger charge is -2.09. The van der Waals surface area contributed by atoms with Crippen LogP contribution in [0.15, 0.2) is 41.4 Å². The fraction of sp³-hybridized carbons (Fsp3) is 0.250. The molecule has 1 aromatic carbocycles. The number of carbonyl (C=O) groups is 2. The van der Waals surface area contributed by atoms with E-state index in [1.807, 2.05) is 0 Å². The highest BCUT2D eigenvalue weighted by Crippen LogP contribution is 2.17. The maximum absolute atomic E-state index is 12.3. The SMILES string of the molecule is Cc1ccnc(NS(=O)(=O)c2ccc(NC(=O)CCCC(=O)[O-])cc2)n1. The lowest BCUT2D eigenvalue weighted by atomic mass is 10.2. The second-order valence-electron chi connectivity index (χ2n) is 5.43. The van der Waals surface area contributed by atoms with Crippen LogP contribution in [0.5, 0.6) is 0 Å². The summed E-state index contributed by atoms with van der Waals surface area (Å²) < 4.78 is 26.9. The molecule has 10 heteroatoms. The zero-order valence-electron chi connectivity index (χ0n) is 13.9. The van der Waals surface area contributed by atoms with Gasteiger partial charge in [-0.3, -0.25) is 4.79 Å². The molecule has 0 bridgehead atoms. The maximum atomic E-state index is 12.3. The molecular weight excluding hydrogens is 360 g/mol. The van der Waals surface area contributed by atoms with Crippen molar-refractivity contribution in [1.82, 2.24) is 9.97 Å². The molecule has 2 N–H and O–H groups in total. The minimum Gasteiger partial charge on any atom is -0.550 e. The number of amides is 1. The highest BCUT2D eigenvalue weighted by Gasteiger charge is 2.15. The van der Waals surface area contributed by atoms with Gasteiger partial charge in [-0.2, -0.15) is 0 Å². The van der Waals surface area contributed by atoms with Crippen LogP contribution in [-0.2, 0) is 19.6 Å². The molecule has 9 nitrogen and oxygen atoms in total. The summed E-state index contributed by atoms with van der Waals surface area (Å²) >= 11 is 0. The molecule has 0 spiro atoms. The van der Waals surface area contributed by atoms with Gasteiger partial charge in [0.15, 0.2) is 0 Å². The van der Waals surface area contributed by atoms with Crippen molar-refractivity contribution in [3.8, 4) is 0 Å². The van der Waals surface area contributed by atoms with Crippen LogP contribution in [0.3, 0.4) is 0 Å². The Bertz CT molecular complexity index is 897. The van der Waals surface area contributed by atoms with Crippen molar-refractivity contribution < 1.29 is 23.1 Å². The standard InChI is InChI=1S/C16H18N4O5S/c1-11-9-10-17-16(18-11)20-26(24,25)13-7-5-12(6-8-13)19-14(21)3-2-4-15(22)23/h5-10H,2-4H2,1H3,(H,19,21)(H,22,23)(H,17,18,20)/p-1. The molecule has 0 unspecified atom stereocenters. The number of rotatable bonds is 8. The summed E-state index contributed by atoms with van der Waals surface area (Å²) in [6, 6.07) is 7.16. The van der Waals surface area contributed by atoms with E-state index in [9.17, 15) is 23.1 Å². The molecule has 2 rings (SSSR count). The molecule has 1 aromatic heterocycles. The number of aromatic nitrogens is 2. The number of nitrogens with zero attached hydrogens (tertiary/aromatic N) is 2. The van der Waals surface area contributed by atoms with E-state index in [1.165, 1.54) is 30.5 Å². The molecule has 26 heavy (non-hydrogen) atoms. The largest absolute Gasteiger partial charge is 0.550 e. The zero-order valence-corrected chi connectivity index (χ0v) is 14.7. The molecule has 0 saturated heterocycles. The van der Waals surface area contributed by atoms with Crippen molar-refractivity contribution in [1.29, 1.82) is 0 Å². The average Bonchev–Trinajstić information content (AvgIpc) is 2.54. The van der Waals surface area contributed by atoms with Gasteiger partial charge in [-0.25, -0.2) is 23.1 Å². The quantitative estimate of drug-likeness (QED) is 0.680. The first-order valence-electron chi connectivity index (χ1n) is 7.68. The van der Waals surface area contributed by atoms with Crippen LogP contribution in [0, 0.1) is 6.92 Å². The Labute approximate surface area is 150 Å². The third-order valence-corrected chi connectivity index (χ3v) is 4.60. The lowest BCUT2D eigenvalue weighted by Crippen LogP contribution is -2.22. The molecule has 0 fully saturated rings. The third kappa shape index (κ3) is 5.81. The highest BCUT2D eigenvalue weighted by atomic mass is 32.2. The summed E-state index contributed by atoms with van der Waals surface area (Å²) in [6.07, 6.45) is 1.44. The van der Waals surface area contributed by atoms with E-state index in [2.05, 4.69) is 20.0 Å². The number of sulfonamides is 1. The summed E-state index contributed by atoms with van der Waals surface area (Å²) in [7, 11) is -3.86. The number of carboxylic acids is 1. The molecule has 1 amide bonds. The Balaban J connectivity index is 1.99. The Kier molecular flexibility index (Phi) is 6.23. The van der Waals surface area contributed by atoms with E-state index in [0.29, 0.717) is 11.4 Å². The third-order valence-electron chi connectivity index (χ3n) is 3.25. The van der Waals surface area contributed by atoms with Gasteiger partial charge in [0.25, 0.3) is 10.0 Å². The smallest absolute Gasteiger partial charge is 0.264 e. The van der Waals surface area contributed by atoms with Gasteiger partial charge in [-0.05, 0) is 50.1 Å². The Hall–Kier alpha value is -3.01. The van der Waals surface area contributed by atoms with Gasteiger partial charge in [0.1, 0.15) is 0 Å². The highest BCUT2D eigenvalue weighted by molar-refractivity contribution is 7.92. The van der Waals surface area contributed by atoms with Crippen molar-refractivity contribution in [2.45, 2.75) is 31.1 Å². The van der Waals surface area contributed by atoms with E-state index >= 15 is 0 Å². The van der Waals surface area contributed by atoms with Crippen LogP contribution in [0.2, 0.25) is 0 Å². The Morgan fingerprint density at radius 1 is 1.12 bits per heavy atom. The van der Waals surface area contributed by atoms with Gasteiger partial charge in [-0.15, -0.1) is 0 Å². The number of carbonyl (C=O) groups excluding carboxylic acids is 2. The molecule has 0 aliphatic rings. The number of aliphatic carboxylic acids is 1. The second kappa shape index (κ2) is 8.39. The summed E-state index contributed by atoms with van der Waals surface area (Å²) in [4.78, 5) is 29.8. The normalized spacial score (nSPS) is 11.0. The van der Waals surface area contributed by atoms with E-state index in [-0.39, 0.29) is 36.0 Å². The van der Waals surface area contributed by atoms with Gasteiger partial charge >= 0.3 is 0 Å². The summed E-state index contributed by atoms with van der Waals surface area (Å²) in [5.74, 6) is -1.61. The first-order chi connectivity index (χ1) is 12.3. The molecule has 0 radical (unpaired) electrons. The van der Waals surface area contributed by atoms with Gasteiger partial charge < -0.3 is 15.2 Å². The molecule has 0 aliphatic heterocycles. The molecule has 138 valence electrons. The van der Waals surface area contributed by atoms with Crippen molar-refractivity contribution in [2.24, 2.45) is 0 Å². The molecule has 1 heterocycles. The summed E-state index contributed by atoms with van der Waals surface area (Å²) in [5.41, 5.74) is 1.02. The van der Waals surface area contributed by atoms with Gasteiger partial charge in [-0.1, -0.05) is 0 Å². The van der Waals surface area contributed by atoms with E-state index in [4.69, 9.17) is 0 Å². The minimum atomic E-state index is -3.86. The van der Waals surface area contributed by atoms with Crippen molar-refractivity contribution in [2.75, 3.05) is 10.0 Å². The second-order valence-corrected chi connectivity index (χ2v) is 7.11. The first kappa shape index (κ1) is 19.3.